The van der Waals surface area contributed by atoms with Gasteiger partial charge in [-0.3, -0.25) is 9.69 Å². The number of rotatable bonds is 7. The van der Waals surface area contributed by atoms with E-state index in [0.29, 0.717) is 6.42 Å². The number of hydrogen-bond acceptors (Lipinski definition) is 4. The molecule has 1 aliphatic rings. The van der Waals surface area contributed by atoms with Crippen molar-refractivity contribution in [3.05, 3.63) is 101 Å². The molecule has 3 aromatic carbocycles. The Balaban J connectivity index is 1.28. The molecule has 2 heterocycles. The molecular weight excluding hydrogens is 438 g/mol. The Labute approximate surface area is 205 Å². The number of nitrogens with one attached hydrogen (secondary N) is 1. The number of aromatic nitrogens is 1. The van der Waals surface area contributed by atoms with Gasteiger partial charge in [0, 0.05) is 32.1 Å². The molecule has 174 valence electrons. The molecule has 4 nitrogen and oxygen atoms in total. The Morgan fingerprint density at radius 3 is 2.32 bits per heavy atom. The third-order valence-electron chi connectivity index (χ3n) is 6.93. The maximum Gasteiger partial charge on any atom is 0.231 e. The minimum Gasteiger partial charge on any atom is -0.352 e. The second-order valence-corrected chi connectivity index (χ2v) is 10.6. The number of benzene rings is 3. The Bertz CT molecular complexity index is 1200. The largest absolute Gasteiger partial charge is 0.352 e. The van der Waals surface area contributed by atoms with Crippen molar-refractivity contribution in [3.8, 4) is 0 Å². The summed E-state index contributed by atoms with van der Waals surface area (Å²) in [6, 6.07) is 29.2. The minimum absolute atomic E-state index is 0.0967. The molecule has 4 aromatic rings. The summed E-state index contributed by atoms with van der Waals surface area (Å²) in [7, 11) is 0. The lowest BCUT2D eigenvalue weighted by molar-refractivity contribution is -0.127. The molecular formula is C29H31N3OS. The topological polar surface area (TPSA) is 45.2 Å². The van der Waals surface area contributed by atoms with E-state index >= 15 is 0 Å². The Kier molecular flexibility index (Phi) is 6.75. The fraction of sp³-hybridized carbons (Fsp3) is 0.310. The van der Waals surface area contributed by atoms with Crippen LogP contribution in [0.25, 0.3) is 10.2 Å². The van der Waals surface area contributed by atoms with Gasteiger partial charge in [-0.15, -0.1) is 11.3 Å². The van der Waals surface area contributed by atoms with Crippen LogP contribution in [0.4, 0.5) is 0 Å². The Morgan fingerprint density at radius 2 is 1.62 bits per heavy atom. The lowest BCUT2D eigenvalue weighted by Crippen LogP contribution is -2.51. The van der Waals surface area contributed by atoms with Crippen LogP contribution in [0.3, 0.4) is 0 Å². The predicted molar refractivity (Wildman–Crippen MR) is 140 cm³/mol. The van der Waals surface area contributed by atoms with Crippen LogP contribution in [0, 0.1) is 0 Å². The number of piperidine rings is 1. The highest BCUT2D eigenvalue weighted by Crippen LogP contribution is 2.32. The van der Waals surface area contributed by atoms with Crippen molar-refractivity contribution in [1.82, 2.24) is 15.2 Å². The summed E-state index contributed by atoms with van der Waals surface area (Å²) in [6.07, 6.45) is 2.55. The van der Waals surface area contributed by atoms with Gasteiger partial charge < -0.3 is 5.32 Å². The highest BCUT2D eigenvalue weighted by molar-refractivity contribution is 7.18. The molecule has 0 saturated carbocycles. The summed E-state index contributed by atoms with van der Waals surface area (Å²) < 4.78 is 1.17. The number of amides is 1. The van der Waals surface area contributed by atoms with E-state index in [4.69, 9.17) is 4.98 Å². The van der Waals surface area contributed by atoms with E-state index in [-0.39, 0.29) is 11.9 Å². The quantitative estimate of drug-likeness (QED) is 0.384. The van der Waals surface area contributed by atoms with E-state index in [9.17, 15) is 4.79 Å². The monoisotopic (exact) mass is 469 g/mol. The Hall–Kier alpha value is -3.02. The first-order chi connectivity index (χ1) is 16.6. The number of likely N-dealkylation sites (tertiary alicyclic amines) is 1. The summed E-state index contributed by atoms with van der Waals surface area (Å²) in [4.78, 5) is 21.1. The van der Waals surface area contributed by atoms with E-state index in [2.05, 4.69) is 65.7 Å². The molecule has 0 bridgehead atoms. The Morgan fingerprint density at radius 1 is 0.971 bits per heavy atom. The average Bonchev–Trinajstić information content (AvgIpc) is 3.28. The molecule has 1 aliphatic heterocycles. The molecule has 1 aromatic heterocycles. The van der Waals surface area contributed by atoms with Gasteiger partial charge in [0.15, 0.2) is 0 Å². The molecule has 0 spiro atoms. The smallest absolute Gasteiger partial charge is 0.231 e. The molecule has 1 amide bonds. The van der Waals surface area contributed by atoms with Gasteiger partial charge >= 0.3 is 0 Å². The first-order valence-electron chi connectivity index (χ1n) is 12.1. The van der Waals surface area contributed by atoms with Crippen molar-refractivity contribution in [2.24, 2.45) is 0 Å². The van der Waals surface area contributed by atoms with Gasteiger partial charge in [-0.2, -0.15) is 0 Å². The van der Waals surface area contributed by atoms with Crippen LogP contribution in [0.15, 0.2) is 84.9 Å². The number of hydrogen-bond donors (Lipinski definition) is 1. The van der Waals surface area contributed by atoms with Crippen molar-refractivity contribution in [2.45, 2.75) is 44.2 Å². The van der Waals surface area contributed by atoms with Crippen molar-refractivity contribution in [1.29, 1.82) is 0 Å². The SMILES string of the molecule is CC(Cc1nc2ccccc2s1)(C(=O)NC1CCN(Cc2ccccc2)CC1)c1ccccc1. The highest BCUT2D eigenvalue weighted by atomic mass is 32.1. The van der Waals surface area contributed by atoms with Gasteiger partial charge in [0.25, 0.3) is 0 Å². The van der Waals surface area contributed by atoms with Crippen LogP contribution in [0.5, 0.6) is 0 Å². The van der Waals surface area contributed by atoms with Gasteiger partial charge in [-0.05, 0) is 43.0 Å². The first kappa shape index (κ1) is 22.8. The molecule has 0 radical (unpaired) electrons. The average molecular weight is 470 g/mol. The second kappa shape index (κ2) is 10.1. The third-order valence-corrected chi connectivity index (χ3v) is 7.96. The summed E-state index contributed by atoms with van der Waals surface area (Å²) in [5, 5.41) is 4.41. The van der Waals surface area contributed by atoms with Crippen LogP contribution in [0.2, 0.25) is 0 Å². The fourth-order valence-electron chi connectivity index (χ4n) is 4.84. The lowest BCUT2D eigenvalue weighted by Gasteiger charge is -2.35. The molecule has 1 N–H and O–H groups in total. The van der Waals surface area contributed by atoms with E-state index < -0.39 is 5.41 Å². The van der Waals surface area contributed by atoms with Crippen LogP contribution in [-0.2, 0) is 23.2 Å². The molecule has 5 heteroatoms. The van der Waals surface area contributed by atoms with Gasteiger partial charge in [-0.1, -0.05) is 72.8 Å². The van der Waals surface area contributed by atoms with Crippen LogP contribution in [-0.4, -0.2) is 34.9 Å². The number of thiazole rings is 1. The van der Waals surface area contributed by atoms with Crippen LogP contribution < -0.4 is 5.32 Å². The van der Waals surface area contributed by atoms with E-state index in [0.717, 1.165) is 48.6 Å². The van der Waals surface area contributed by atoms with Crippen LogP contribution >= 0.6 is 11.3 Å². The van der Waals surface area contributed by atoms with E-state index in [1.165, 1.54) is 10.3 Å². The van der Waals surface area contributed by atoms with E-state index in [1.807, 2.05) is 36.4 Å². The molecule has 1 atom stereocenters. The van der Waals surface area contributed by atoms with Crippen molar-refractivity contribution < 1.29 is 4.79 Å². The minimum atomic E-state index is -0.670. The lowest BCUT2D eigenvalue weighted by atomic mass is 9.78. The number of para-hydroxylation sites is 1. The molecule has 0 aliphatic carbocycles. The number of carbonyl (C=O) groups is 1. The molecule has 1 unspecified atom stereocenters. The maximum absolute atomic E-state index is 13.8. The third kappa shape index (κ3) is 5.06. The zero-order valence-corrected chi connectivity index (χ0v) is 20.4. The first-order valence-corrected chi connectivity index (χ1v) is 12.9. The zero-order valence-electron chi connectivity index (χ0n) is 19.6. The summed E-state index contributed by atoms with van der Waals surface area (Å²) in [6.45, 7) is 5.04. The number of nitrogens with zero attached hydrogens (tertiary/aromatic N) is 2. The normalized spacial score (nSPS) is 16.9. The van der Waals surface area contributed by atoms with Gasteiger partial charge in [0.2, 0.25) is 5.91 Å². The maximum atomic E-state index is 13.8. The number of carbonyl (C=O) groups excluding carboxylic acids is 1. The van der Waals surface area contributed by atoms with Gasteiger partial charge in [0.05, 0.1) is 20.6 Å². The molecule has 34 heavy (non-hydrogen) atoms. The van der Waals surface area contributed by atoms with Crippen molar-refractivity contribution in [3.63, 3.8) is 0 Å². The number of fused-ring (bicyclic) bond motifs is 1. The highest BCUT2D eigenvalue weighted by Gasteiger charge is 2.38. The summed E-state index contributed by atoms with van der Waals surface area (Å²) in [5.74, 6) is 0.0967. The molecule has 1 saturated heterocycles. The summed E-state index contributed by atoms with van der Waals surface area (Å²) in [5.41, 5.74) is 2.71. The van der Waals surface area contributed by atoms with Gasteiger partial charge in [-0.25, -0.2) is 4.98 Å². The van der Waals surface area contributed by atoms with Crippen molar-refractivity contribution in [2.75, 3.05) is 13.1 Å². The zero-order chi connectivity index (χ0) is 23.4. The standard InChI is InChI=1S/C29H31N3OS/c1-29(23-12-6-3-7-13-23,20-27-31-25-14-8-9-15-26(25)34-27)28(33)30-24-16-18-32(19-17-24)21-22-10-4-2-5-11-22/h2-15,24H,16-21H2,1H3,(H,30,33). The van der Waals surface area contributed by atoms with Crippen molar-refractivity contribution >= 4 is 27.5 Å². The molecule has 1 fully saturated rings. The molecule has 5 rings (SSSR count). The van der Waals surface area contributed by atoms with Crippen LogP contribution in [0.1, 0.15) is 35.9 Å². The van der Waals surface area contributed by atoms with E-state index in [1.54, 1.807) is 11.3 Å². The predicted octanol–water partition coefficient (Wildman–Crippen LogP) is 5.58. The van der Waals surface area contributed by atoms with Gasteiger partial charge in [0.1, 0.15) is 0 Å². The second-order valence-electron chi connectivity index (χ2n) is 9.46. The fourth-order valence-corrected chi connectivity index (χ4v) is 5.96. The summed E-state index contributed by atoms with van der Waals surface area (Å²) >= 11 is 1.69.